The Kier molecular flexibility index (Phi) is 12.8. The van der Waals surface area contributed by atoms with Crippen molar-refractivity contribution in [2.24, 2.45) is 0 Å². The molecule has 4 heteroatoms. The van der Waals surface area contributed by atoms with E-state index in [4.69, 9.17) is 0 Å². The molecule has 18 rings (SSSR count). The SMILES string of the molecule is c1ccc(-c2ccc(-c3c4ccccc4c(-c4ccc(-n5c6ccccc6c6ccccc65)cc4)c4ccccc34)cc2)nc1.c1cncc(-c2cccc(-c3c4ccccc4c(-c4cccc(-n5c6ccccc6c6ccccc65)c4)c4ccccc34)c2)c1. The molecule has 0 spiro atoms. The van der Waals surface area contributed by atoms with E-state index in [0.717, 1.165) is 33.8 Å². The molecule has 4 aromatic heterocycles. The van der Waals surface area contributed by atoms with Crippen LogP contribution in [0.1, 0.15) is 0 Å². The average molecular weight is 1150 g/mol. The van der Waals surface area contributed by atoms with Crippen molar-refractivity contribution in [1.29, 1.82) is 0 Å². The first-order chi connectivity index (χ1) is 44.7. The van der Waals surface area contributed by atoms with E-state index in [1.807, 2.05) is 36.8 Å². The lowest BCUT2D eigenvalue weighted by molar-refractivity contribution is 1.18. The second kappa shape index (κ2) is 22.1. The van der Waals surface area contributed by atoms with Crippen LogP contribution in [-0.2, 0) is 0 Å². The summed E-state index contributed by atoms with van der Waals surface area (Å²) in [6.45, 7) is 0. The summed E-state index contributed by atoms with van der Waals surface area (Å²) in [6, 6.07) is 116. The summed E-state index contributed by atoms with van der Waals surface area (Å²) >= 11 is 0. The maximum absolute atomic E-state index is 4.55. The van der Waals surface area contributed by atoms with Gasteiger partial charge in [0.2, 0.25) is 0 Å². The van der Waals surface area contributed by atoms with Crippen molar-refractivity contribution in [3.8, 4) is 78.3 Å². The van der Waals surface area contributed by atoms with Crippen LogP contribution >= 0.6 is 0 Å². The van der Waals surface area contributed by atoms with E-state index in [2.05, 4.69) is 322 Å². The minimum atomic E-state index is 0.985. The summed E-state index contributed by atoms with van der Waals surface area (Å²) in [5, 5.41) is 15.1. The largest absolute Gasteiger partial charge is 0.309 e. The van der Waals surface area contributed by atoms with E-state index in [9.17, 15) is 0 Å². The molecule has 90 heavy (non-hydrogen) atoms. The van der Waals surface area contributed by atoms with Crippen LogP contribution in [-0.4, -0.2) is 19.1 Å². The molecule has 0 atom stereocenters. The Morgan fingerprint density at radius 2 is 0.544 bits per heavy atom. The molecule has 18 aromatic rings. The summed E-state index contributed by atoms with van der Waals surface area (Å²) in [5.41, 5.74) is 21.5. The van der Waals surface area contributed by atoms with E-state index >= 15 is 0 Å². The zero-order valence-corrected chi connectivity index (χ0v) is 49.1. The maximum atomic E-state index is 4.55. The first kappa shape index (κ1) is 52.4. The first-order valence-electron chi connectivity index (χ1n) is 30.8. The molecular weight excluding hydrogens is 1090 g/mol. The second-order valence-corrected chi connectivity index (χ2v) is 23.1. The van der Waals surface area contributed by atoms with Crippen LogP contribution < -0.4 is 0 Å². The Bertz CT molecular complexity index is 5540. The third kappa shape index (κ3) is 8.84. The topological polar surface area (TPSA) is 35.6 Å². The number of para-hydroxylation sites is 4. The normalized spacial score (nSPS) is 11.6. The van der Waals surface area contributed by atoms with Gasteiger partial charge in [0.05, 0.1) is 27.8 Å². The molecule has 0 fully saturated rings. The molecule has 0 unspecified atom stereocenters. The highest BCUT2D eigenvalue weighted by Crippen LogP contribution is 2.47. The molecule has 14 aromatic carbocycles. The number of rotatable bonds is 8. The number of hydrogen-bond acceptors (Lipinski definition) is 2. The zero-order valence-electron chi connectivity index (χ0n) is 49.1. The lowest BCUT2D eigenvalue weighted by atomic mass is 9.85. The summed E-state index contributed by atoms with van der Waals surface area (Å²) in [7, 11) is 0. The van der Waals surface area contributed by atoms with Gasteiger partial charge in [0, 0.05) is 62.6 Å². The van der Waals surface area contributed by atoms with Crippen LogP contribution in [0.2, 0.25) is 0 Å². The zero-order chi connectivity index (χ0) is 59.5. The standard InChI is InChI=1S/2C43H28N2/c1-3-21-38-36(19-1)42(30-13-9-12-29(26-30)32-15-11-25-44-28-32)37-20-2-4-22-39(37)43(38)31-14-10-16-33(27-31)45-40-23-7-5-17-34(40)35-18-6-8-24-41(35)45;1-3-15-37-35(13-1)42(30-22-20-29(21-23-30)39-17-9-10-28-44-39)36-14-2-4-16-38(36)43(37)31-24-26-32(27-25-31)45-40-18-7-5-11-33(40)34-12-6-8-19-41(34)45/h2*1-28H. The Morgan fingerprint density at radius 1 is 0.200 bits per heavy atom. The highest BCUT2D eigenvalue weighted by Gasteiger charge is 2.21. The third-order valence-electron chi connectivity index (χ3n) is 18.1. The molecule has 4 heterocycles. The Hall–Kier alpha value is -12.0. The smallest absolute Gasteiger partial charge is 0.0701 e. The predicted molar refractivity (Wildman–Crippen MR) is 380 cm³/mol. The fourth-order valence-corrected chi connectivity index (χ4v) is 14.2. The lowest BCUT2D eigenvalue weighted by Crippen LogP contribution is -1.95. The monoisotopic (exact) mass is 1140 g/mol. The van der Waals surface area contributed by atoms with Crippen molar-refractivity contribution >= 4 is 86.7 Å². The van der Waals surface area contributed by atoms with Crippen LogP contribution in [0.25, 0.3) is 165 Å². The van der Waals surface area contributed by atoms with Crippen LogP contribution in [0.5, 0.6) is 0 Å². The molecule has 0 aliphatic carbocycles. The van der Waals surface area contributed by atoms with Gasteiger partial charge >= 0.3 is 0 Å². The quantitative estimate of drug-likeness (QED) is 0.142. The van der Waals surface area contributed by atoms with E-state index in [0.29, 0.717) is 0 Å². The Morgan fingerprint density at radius 3 is 0.967 bits per heavy atom. The fourth-order valence-electron chi connectivity index (χ4n) is 14.2. The number of pyridine rings is 2. The van der Waals surface area contributed by atoms with Gasteiger partial charge in [-0.15, -0.1) is 0 Å². The molecule has 4 nitrogen and oxygen atoms in total. The second-order valence-electron chi connectivity index (χ2n) is 23.1. The van der Waals surface area contributed by atoms with Gasteiger partial charge in [-0.1, -0.05) is 249 Å². The summed E-state index contributed by atoms with van der Waals surface area (Å²) in [5.74, 6) is 0. The summed E-state index contributed by atoms with van der Waals surface area (Å²) < 4.78 is 4.78. The van der Waals surface area contributed by atoms with E-state index in [-0.39, 0.29) is 0 Å². The highest BCUT2D eigenvalue weighted by molar-refractivity contribution is 6.23. The molecule has 0 radical (unpaired) electrons. The van der Waals surface area contributed by atoms with E-state index in [1.165, 1.54) is 131 Å². The van der Waals surface area contributed by atoms with Gasteiger partial charge in [-0.3, -0.25) is 9.97 Å². The van der Waals surface area contributed by atoms with Crippen LogP contribution in [0.15, 0.2) is 340 Å². The van der Waals surface area contributed by atoms with Gasteiger partial charge in [-0.05, 0) is 166 Å². The Balaban J connectivity index is 0.000000139. The van der Waals surface area contributed by atoms with Crippen molar-refractivity contribution < 1.29 is 0 Å². The minimum absolute atomic E-state index is 0.985. The van der Waals surface area contributed by atoms with Crippen molar-refractivity contribution in [1.82, 2.24) is 19.1 Å². The summed E-state index contributed by atoms with van der Waals surface area (Å²) in [4.78, 5) is 8.91. The first-order valence-corrected chi connectivity index (χ1v) is 30.8. The molecule has 0 aliphatic heterocycles. The average Bonchev–Trinajstić information content (AvgIpc) is 0.905. The van der Waals surface area contributed by atoms with Crippen molar-refractivity contribution in [3.05, 3.63) is 340 Å². The predicted octanol–water partition coefficient (Wildman–Crippen LogP) is 23.0. The van der Waals surface area contributed by atoms with Crippen LogP contribution in [0, 0.1) is 0 Å². The lowest BCUT2D eigenvalue weighted by Gasteiger charge is -2.19. The highest BCUT2D eigenvalue weighted by atomic mass is 15.0. The fraction of sp³-hybridized carbons (Fsp3) is 0. The van der Waals surface area contributed by atoms with Crippen LogP contribution in [0.3, 0.4) is 0 Å². The van der Waals surface area contributed by atoms with Crippen molar-refractivity contribution in [2.45, 2.75) is 0 Å². The van der Waals surface area contributed by atoms with E-state index in [1.54, 1.807) is 0 Å². The van der Waals surface area contributed by atoms with Gasteiger partial charge in [-0.25, -0.2) is 0 Å². The van der Waals surface area contributed by atoms with Crippen molar-refractivity contribution in [2.75, 3.05) is 0 Å². The molecule has 0 saturated carbocycles. The molecule has 0 bridgehead atoms. The van der Waals surface area contributed by atoms with Gasteiger partial charge in [-0.2, -0.15) is 0 Å². The minimum Gasteiger partial charge on any atom is -0.309 e. The van der Waals surface area contributed by atoms with Gasteiger partial charge in [0.15, 0.2) is 0 Å². The van der Waals surface area contributed by atoms with Gasteiger partial charge < -0.3 is 9.13 Å². The number of aromatic nitrogens is 4. The number of hydrogen-bond donors (Lipinski definition) is 0. The van der Waals surface area contributed by atoms with Crippen molar-refractivity contribution in [3.63, 3.8) is 0 Å². The van der Waals surface area contributed by atoms with Crippen LogP contribution in [0.4, 0.5) is 0 Å². The van der Waals surface area contributed by atoms with Gasteiger partial charge in [0.1, 0.15) is 0 Å². The van der Waals surface area contributed by atoms with Gasteiger partial charge in [0.25, 0.3) is 0 Å². The Labute approximate surface area is 521 Å². The molecular formula is C86H56N4. The summed E-state index contributed by atoms with van der Waals surface area (Å²) in [6.07, 6.45) is 5.60. The number of benzene rings is 14. The molecule has 0 aliphatic rings. The molecule has 0 N–H and O–H groups in total. The maximum Gasteiger partial charge on any atom is 0.0701 e. The number of fused-ring (bicyclic) bond motifs is 10. The third-order valence-corrected chi connectivity index (χ3v) is 18.1. The van der Waals surface area contributed by atoms with E-state index < -0.39 is 0 Å². The number of nitrogens with zero attached hydrogens (tertiary/aromatic N) is 4. The molecule has 0 amide bonds. The molecule has 420 valence electrons. The molecule has 0 saturated heterocycles.